The molecule has 4 heteroatoms. The molecule has 0 heterocycles. The zero-order chi connectivity index (χ0) is 18.1. The number of carbonyl (C=O) groups excluding carboxylic acids is 1. The summed E-state index contributed by atoms with van der Waals surface area (Å²) in [5.41, 5.74) is 1.68. The van der Waals surface area contributed by atoms with Crippen molar-refractivity contribution in [1.82, 2.24) is 0 Å². The lowest BCUT2D eigenvalue weighted by Gasteiger charge is -2.19. The first-order valence-corrected chi connectivity index (χ1v) is 8.95. The highest BCUT2D eigenvalue weighted by Crippen LogP contribution is 2.31. The van der Waals surface area contributed by atoms with Crippen LogP contribution in [0.5, 0.6) is 11.5 Å². The molecule has 0 saturated carbocycles. The molecule has 0 saturated heterocycles. The van der Waals surface area contributed by atoms with Crippen LogP contribution in [0.3, 0.4) is 0 Å². The van der Waals surface area contributed by atoms with Crippen molar-refractivity contribution in [3.8, 4) is 11.5 Å². The highest BCUT2D eigenvalue weighted by Gasteiger charge is 2.21. The Balaban J connectivity index is 2.25. The van der Waals surface area contributed by atoms with E-state index in [0.717, 1.165) is 18.4 Å². The second-order valence-corrected chi connectivity index (χ2v) is 5.77. The lowest BCUT2D eigenvalue weighted by molar-refractivity contribution is -0.117. The van der Waals surface area contributed by atoms with Crippen molar-refractivity contribution in [3.05, 3.63) is 54.1 Å². The smallest absolute Gasteiger partial charge is 0.232 e. The molecule has 1 amide bonds. The zero-order valence-corrected chi connectivity index (χ0v) is 15.2. The van der Waals surface area contributed by atoms with Crippen LogP contribution in [0.2, 0.25) is 0 Å². The summed E-state index contributed by atoms with van der Waals surface area (Å²) in [6.07, 6.45) is 1.73. The molecule has 0 radical (unpaired) electrons. The molecule has 1 atom stereocenters. The summed E-state index contributed by atoms with van der Waals surface area (Å²) in [7, 11) is 0. The van der Waals surface area contributed by atoms with E-state index < -0.39 is 0 Å². The molecule has 2 aromatic carbocycles. The van der Waals surface area contributed by atoms with Gasteiger partial charge >= 0.3 is 0 Å². The van der Waals surface area contributed by atoms with Gasteiger partial charge in [-0.25, -0.2) is 0 Å². The maximum atomic E-state index is 12.9. The van der Waals surface area contributed by atoms with E-state index in [0.29, 0.717) is 30.4 Å². The van der Waals surface area contributed by atoms with Gasteiger partial charge in [-0.05, 0) is 38.0 Å². The number of rotatable bonds is 9. The maximum absolute atomic E-state index is 12.9. The van der Waals surface area contributed by atoms with Gasteiger partial charge in [0, 0.05) is 6.07 Å². The van der Waals surface area contributed by atoms with E-state index in [2.05, 4.69) is 12.2 Å². The number of anilines is 1. The first-order valence-electron chi connectivity index (χ1n) is 8.95. The van der Waals surface area contributed by atoms with Crippen LogP contribution in [-0.4, -0.2) is 19.1 Å². The summed E-state index contributed by atoms with van der Waals surface area (Å²) in [6.45, 7) is 7.05. The number of carbonyl (C=O) groups is 1. The molecule has 0 aromatic heterocycles. The summed E-state index contributed by atoms with van der Waals surface area (Å²) < 4.78 is 11.2. The molecule has 1 unspecified atom stereocenters. The molecular weight excluding hydrogens is 314 g/mol. The van der Waals surface area contributed by atoms with Gasteiger partial charge in [-0.1, -0.05) is 43.7 Å². The fraction of sp³-hybridized carbons (Fsp3) is 0.381. The van der Waals surface area contributed by atoms with Crippen LogP contribution in [0, 0.1) is 0 Å². The Morgan fingerprint density at radius 3 is 2.36 bits per heavy atom. The Labute approximate surface area is 150 Å². The summed E-state index contributed by atoms with van der Waals surface area (Å²) in [5.74, 6) is 1.16. The molecule has 2 rings (SSSR count). The minimum absolute atomic E-state index is 0.0253. The third-order valence-electron chi connectivity index (χ3n) is 3.92. The molecule has 134 valence electrons. The summed E-state index contributed by atoms with van der Waals surface area (Å²) in [6, 6.07) is 15.4. The van der Waals surface area contributed by atoms with E-state index in [1.807, 2.05) is 62.4 Å². The minimum atomic E-state index is -0.184. The summed E-state index contributed by atoms with van der Waals surface area (Å²) in [5, 5.41) is 3.03. The Kier molecular flexibility index (Phi) is 7.33. The Morgan fingerprint density at radius 2 is 1.72 bits per heavy atom. The average molecular weight is 341 g/mol. The fourth-order valence-electron chi connectivity index (χ4n) is 2.79. The van der Waals surface area contributed by atoms with Gasteiger partial charge in [-0.15, -0.1) is 0 Å². The van der Waals surface area contributed by atoms with Crippen molar-refractivity contribution in [2.45, 2.75) is 39.5 Å². The van der Waals surface area contributed by atoms with Crippen LogP contribution < -0.4 is 14.8 Å². The zero-order valence-electron chi connectivity index (χ0n) is 15.2. The Hall–Kier alpha value is -2.49. The Bertz CT molecular complexity index is 670. The van der Waals surface area contributed by atoms with Crippen molar-refractivity contribution < 1.29 is 14.3 Å². The van der Waals surface area contributed by atoms with Crippen LogP contribution in [0.4, 0.5) is 5.69 Å². The van der Waals surface area contributed by atoms with Gasteiger partial charge < -0.3 is 14.8 Å². The minimum Gasteiger partial charge on any atom is -0.494 e. The third kappa shape index (κ3) is 5.24. The number of benzene rings is 2. The van der Waals surface area contributed by atoms with Gasteiger partial charge in [0.15, 0.2) is 0 Å². The molecule has 1 N–H and O–H groups in total. The molecular formula is C21H27NO3. The lowest BCUT2D eigenvalue weighted by Crippen LogP contribution is -2.21. The third-order valence-corrected chi connectivity index (χ3v) is 3.92. The molecule has 25 heavy (non-hydrogen) atoms. The number of ether oxygens (including phenoxy) is 2. The van der Waals surface area contributed by atoms with Crippen LogP contribution in [-0.2, 0) is 4.79 Å². The normalized spacial score (nSPS) is 11.6. The molecule has 0 aliphatic carbocycles. The van der Waals surface area contributed by atoms with E-state index in [1.54, 1.807) is 0 Å². The van der Waals surface area contributed by atoms with Gasteiger partial charge in [0.05, 0.1) is 24.8 Å². The van der Waals surface area contributed by atoms with Gasteiger partial charge in [-0.2, -0.15) is 0 Å². The van der Waals surface area contributed by atoms with Gasteiger partial charge in [0.1, 0.15) is 11.5 Å². The fourth-order valence-corrected chi connectivity index (χ4v) is 2.79. The number of amides is 1. The molecule has 2 aromatic rings. The summed E-state index contributed by atoms with van der Waals surface area (Å²) in [4.78, 5) is 12.9. The van der Waals surface area contributed by atoms with Crippen molar-refractivity contribution in [2.75, 3.05) is 18.5 Å². The number of hydrogen-bond donors (Lipinski definition) is 1. The van der Waals surface area contributed by atoms with E-state index >= 15 is 0 Å². The summed E-state index contributed by atoms with van der Waals surface area (Å²) >= 11 is 0. The predicted molar refractivity (Wildman–Crippen MR) is 102 cm³/mol. The predicted octanol–water partition coefficient (Wildman–Crippen LogP) is 5.01. The van der Waals surface area contributed by atoms with Crippen LogP contribution >= 0.6 is 0 Å². The van der Waals surface area contributed by atoms with E-state index in [9.17, 15) is 4.79 Å². The van der Waals surface area contributed by atoms with E-state index in [1.165, 1.54) is 0 Å². The standard InChI is InChI=1S/C21H27NO3/c1-4-10-18(16-11-8-7-9-12-16)21(23)22-19-15-17(24-5-2)13-14-20(19)25-6-3/h7-9,11-15,18H,4-6,10H2,1-3H3,(H,22,23). The SMILES string of the molecule is CCCC(C(=O)Nc1cc(OCC)ccc1OCC)c1ccccc1. The second-order valence-electron chi connectivity index (χ2n) is 5.77. The number of hydrogen-bond acceptors (Lipinski definition) is 3. The van der Waals surface area contributed by atoms with E-state index in [4.69, 9.17) is 9.47 Å². The highest BCUT2D eigenvalue weighted by atomic mass is 16.5. The first kappa shape index (κ1) is 18.8. The largest absolute Gasteiger partial charge is 0.494 e. The molecule has 0 aliphatic heterocycles. The molecule has 0 spiro atoms. The van der Waals surface area contributed by atoms with Crippen LogP contribution in [0.15, 0.2) is 48.5 Å². The molecule has 4 nitrogen and oxygen atoms in total. The second kappa shape index (κ2) is 9.72. The van der Waals surface area contributed by atoms with Gasteiger partial charge in [-0.3, -0.25) is 4.79 Å². The quantitative estimate of drug-likeness (QED) is 0.698. The van der Waals surface area contributed by atoms with Crippen molar-refractivity contribution in [1.29, 1.82) is 0 Å². The lowest BCUT2D eigenvalue weighted by atomic mass is 9.93. The molecule has 0 fully saturated rings. The Morgan fingerprint density at radius 1 is 1.00 bits per heavy atom. The van der Waals surface area contributed by atoms with E-state index in [-0.39, 0.29) is 11.8 Å². The highest BCUT2D eigenvalue weighted by molar-refractivity contribution is 5.97. The van der Waals surface area contributed by atoms with Crippen LogP contribution in [0.25, 0.3) is 0 Å². The van der Waals surface area contributed by atoms with Crippen molar-refractivity contribution in [3.63, 3.8) is 0 Å². The average Bonchev–Trinajstić information content (AvgIpc) is 2.63. The molecule has 0 aliphatic rings. The first-order chi connectivity index (χ1) is 12.2. The molecule has 0 bridgehead atoms. The maximum Gasteiger partial charge on any atom is 0.232 e. The van der Waals surface area contributed by atoms with Crippen molar-refractivity contribution in [2.24, 2.45) is 0 Å². The topological polar surface area (TPSA) is 47.6 Å². The number of nitrogens with one attached hydrogen (secondary N) is 1. The van der Waals surface area contributed by atoms with Gasteiger partial charge in [0.25, 0.3) is 0 Å². The monoisotopic (exact) mass is 341 g/mol. The van der Waals surface area contributed by atoms with Gasteiger partial charge in [0.2, 0.25) is 5.91 Å². The van der Waals surface area contributed by atoms with Crippen molar-refractivity contribution >= 4 is 11.6 Å². The van der Waals surface area contributed by atoms with Crippen LogP contribution in [0.1, 0.15) is 45.1 Å².